The minimum Gasteiger partial charge on any atom is -0.464 e. The first-order chi connectivity index (χ1) is 16.9. The summed E-state index contributed by atoms with van der Waals surface area (Å²) in [6.07, 6.45) is 4.89. The van der Waals surface area contributed by atoms with E-state index in [9.17, 15) is 26.4 Å². The summed E-state index contributed by atoms with van der Waals surface area (Å²) in [6.45, 7) is 4.67. The molecule has 0 spiro atoms. The van der Waals surface area contributed by atoms with Gasteiger partial charge in [0.05, 0.1) is 24.4 Å². The van der Waals surface area contributed by atoms with Crippen molar-refractivity contribution in [3.63, 3.8) is 0 Å². The van der Waals surface area contributed by atoms with E-state index in [-0.39, 0.29) is 30.0 Å². The van der Waals surface area contributed by atoms with Crippen LogP contribution in [0.15, 0.2) is 40.6 Å². The number of rotatable bonds is 9. The Kier molecular flexibility index (Phi) is 8.67. The van der Waals surface area contributed by atoms with Crippen LogP contribution in [0.3, 0.4) is 0 Å². The van der Waals surface area contributed by atoms with Crippen molar-refractivity contribution in [2.75, 3.05) is 19.5 Å². The molecular formula is C23H33N3O8S2. The number of ether oxygens (including phenoxy) is 2. The van der Waals surface area contributed by atoms with Gasteiger partial charge in [-0.2, -0.15) is 12.8 Å². The van der Waals surface area contributed by atoms with E-state index in [0.29, 0.717) is 21.7 Å². The SMILES string of the molecule is CCOC(=O)C1=C(NC2CCCCC2)N(S(=O)(=O)c2ccc(C)cc2)N(S(C)(=O)=O)C1C(=O)OCC. The van der Waals surface area contributed by atoms with Crippen molar-refractivity contribution in [2.45, 2.75) is 69.9 Å². The van der Waals surface area contributed by atoms with Crippen molar-refractivity contribution < 1.29 is 35.9 Å². The zero-order chi connectivity index (χ0) is 26.7. The second kappa shape index (κ2) is 11.2. The summed E-state index contributed by atoms with van der Waals surface area (Å²) in [5, 5.41) is 3.09. The van der Waals surface area contributed by atoms with Gasteiger partial charge in [-0.25, -0.2) is 18.0 Å². The number of nitrogens with zero attached hydrogens (tertiary/aromatic N) is 2. The molecular weight excluding hydrogens is 510 g/mol. The first kappa shape index (κ1) is 27.9. The molecule has 1 aromatic carbocycles. The van der Waals surface area contributed by atoms with E-state index >= 15 is 0 Å². The van der Waals surface area contributed by atoms with E-state index in [4.69, 9.17) is 9.47 Å². The van der Waals surface area contributed by atoms with Gasteiger partial charge in [0, 0.05) is 6.04 Å². The second-order valence-corrected chi connectivity index (χ2v) is 12.3. The van der Waals surface area contributed by atoms with Gasteiger partial charge < -0.3 is 14.8 Å². The number of esters is 2. The summed E-state index contributed by atoms with van der Waals surface area (Å²) in [5.41, 5.74) is 0.366. The number of hydrogen-bond acceptors (Lipinski definition) is 9. The Hall–Kier alpha value is -2.64. The number of benzene rings is 1. The van der Waals surface area contributed by atoms with E-state index < -0.39 is 43.6 Å². The van der Waals surface area contributed by atoms with Gasteiger partial charge >= 0.3 is 11.9 Å². The molecule has 0 saturated heterocycles. The van der Waals surface area contributed by atoms with Crippen LogP contribution in [0.4, 0.5) is 0 Å². The molecule has 1 atom stereocenters. The van der Waals surface area contributed by atoms with E-state index in [1.54, 1.807) is 26.0 Å². The van der Waals surface area contributed by atoms with Gasteiger partial charge in [-0.15, -0.1) is 0 Å². The Balaban J connectivity index is 2.31. The van der Waals surface area contributed by atoms with Crippen LogP contribution in [0.5, 0.6) is 0 Å². The van der Waals surface area contributed by atoms with E-state index in [0.717, 1.165) is 31.1 Å². The molecule has 3 rings (SSSR count). The van der Waals surface area contributed by atoms with Crippen LogP contribution in [0.1, 0.15) is 51.5 Å². The molecule has 1 fully saturated rings. The molecule has 11 nitrogen and oxygen atoms in total. The average molecular weight is 544 g/mol. The molecule has 0 bridgehead atoms. The number of hydrazine groups is 1. The molecule has 0 amide bonds. The van der Waals surface area contributed by atoms with Gasteiger partial charge in [0.25, 0.3) is 10.0 Å². The number of carbonyl (C=O) groups excluding carboxylic acids is 2. The number of hydrogen-bond donors (Lipinski definition) is 1. The summed E-state index contributed by atoms with van der Waals surface area (Å²) >= 11 is 0. The summed E-state index contributed by atoms with van der Waals surface area (Å²) in [4.78, 5) is 26.1. The topological polar surface area (TPSA) is 139 Å². The van der Waals surface area contributed by atoms with E-state index in [1.165, 1.54) is 19.1 Å². The molecule has 1 saturated carbocycles. The maximum absolute atomic E-state index is 13.9. The lowest BCUT2D eigenvalue weighted by atomic mass is 9.95. The first-order valence-corrected chi connectivity index (χ1v) is 15.2. The minimum absolute atomic E-state index is 0.0713. The predicted octanol–water partition coefficient (Wildman–Crippen LogP) is 1.80. The van der Waals surface area contributed by atoms with Crippen molar-refractivity contribution in [1.29, 1.82) is 0 Å². The molecule has 200 valence electrons. The van der Waals surface area contributed by atoms with Gasteiger partial charge in [0.2, 0.25) is 10.0 Å². The number of carbonyl (C=O) groups is 2. The zero-order valence-electron chi connectivity index (χ0n) is 20.9. The van der Waals surface area contributed by atoms with Crippen LogP contribution >= 0.6 is 0 Å². The zero-order valence-corrected chi connectivity index (χ0v) is 22.5. The first-order valence-electron chi connectivity index (χ1n) is 11.9. The molecule has 13 heteroatoms. The quantitative estimate of drug-likeness (QED) is 0.462. The molecule has 1 heterocycles. The Morgan fingerprint density at radius 3 is 2.08 bits per heavy atom. The van der Waals surface area contributed by atoms with Crippen LogP contribution in [0.2, 0.25) is 0 Å². The highest BCUT2D eigenvalue weighted by atomic mass is 32.2. The van der Waals surface area contributed by atoms with Gasteiger partial charge in [0.15, 0.2) is 6.04 Å². The van der Waals surface area contributed by atoms with Crippen LogP contribution < -0.4 is 5.32 Å². The molecule has 1 aliphatic heterocycles. The Labute approximate surface area is 212 Å². The number of sulfonamides is 2. The molecule has 1 unspecified atom stereocenters. The fourth-order valence-corrected chi connectivity index (χ4v) is 7.26. The Morgan fingerprint density at radius 1 is 0.972 bits per heavy atom. The lowest BCUT2D eigenvalue weighted by Crippen LogP contribution is -2.53. The van der Waals surface area contributed by atoms with Crippen LogP contribution in [0, 0.1) is 6.92 Å². The Bertz CT molecular complexity index is 1220. The van der Waals surface area contributed by atoms with Crippen LogP contribution in [-0.4, -0.2) is 69.2 Å². The fraction of sp³-hybridized carbons (Fsp3) is 0.565. The molecule has 1 aliphatic carbocycles. The van der Waals surface area contributed by atoms with Crippen molar-refractivity contribution in [2.24, 2.45) is 0 Å². The minimum atomic E-state index is -4.61. The summed E-state index contributed by atoms with van der Waals surface area (Å²) < 4.78 is 65.2. The standard InChI is InChI=1S/C23H33N3O8S2/c1-5-33-22(27)19-20(23(28)34-6-2)25(35(4,29)30)26(21(19)24-17-10-8-7-9-11-17)36(31,32)18-14-12-16(3)13-15-18/h12-15,17,20,24H,5-11H2,1-4H3. The normalized spacial score (nSPS) is 19.9. The predicted molar refractivity (Wildman–Crippen MR) is 131 cm³/mol. The van der Waals surface area contributed by atoms with Gasteiger partial charge in [-0.1, -0.05) is 41.4 Å². The van der Waals surface area contributed by atoms with Crippen molar-refractivity contribution in [3.8, 4) is 0 Å². The Morgan fingerprint density at radius 2 is 1.56 bits per heavy atom. The molecule has 2 aliphatic rings. The average Bonchev–Trinajstić information content (AvgIpc) is 3.17. The largest absolute Gasteiger partial charge is 0.464 e. The van der Waals surface area contributed by atoms with E-state index in [1.807, 2.05) is 0 Å². The maximum Gasteiger partial charge on any atom is 0.340 e. The molecule has 1 aromatic rings. The maximum atomic E-state index is 13.9. The lowest BCUT2D eigenvalue weighted by Gasteiger charge is -2.33. The molecule has 0 aromatic heterocycles. The summed E-state index contributed by atoms with van der Waals surface area (Å²) in [5.74, 6) is -2.41. The summed E-state index contributed by atoms with van der Waals surface area (Å²) in [7, 11) is -9.04. The van der Waals surface area contributed by atoms with Crippen LogP contribution in [-0.2, 0) is 39.1 Å². The second-order valence-electron chi connectivity index (χ2n) is 8.71. The highest BCUT2D eigenvalue weighted by molar-refractivity contribution is 7.91. The van der Waals surface area contributed by atoms with Crippen molar-refractivity contribution >= 4 is 32.0 Å². The summed E-state index contributed by atoms with van der Waals surface area (Å²) in [6, 6.07) is 3.69. The van der Waals surface area contributed by atoms with Crippen molar-refractivity contribution in [1.82, 2.24) is 14.1 Å². The number of nitrogens with one attached hydrogen (secondary N) is 1. The highest BCUT2D eigenvalue weighted by Gasteiger charge is 2.56. The van der Waals surface area contributed by atoms with Gasteiger partial charge in [-0.05, 0) is 45.7 Å². The van der Waals surface area contributed by atoms with Crippen LogP contribution in [0.25, 0.3) is 0 Å². The fourth-order valence-electron chi connectivity index (χ4n) is 4.33. The molecule has 36 heavy (non-hydrogen) atoms. The third-order valence-corrected chi connectivity index (χ3v) is 8.80. The molecule has 0 radical (unpaired) electrons. The highest BCUT2D eigenvalue weighted by Crippen LogP contribution is 2.38. The lowest BCUT2D eigenvalue weighted by molar-refractivity contribution is -0.150. The smallest absolute Gasteiger partial charge is 0.340 e. The van der Waals surface area contributed by atoms with Gasteiger partial charge in [0.1, 0.15) is 11.4 Å². The number of aryl methyl sites for hydroxylation is 1. The third-order valence-electron chi connectivity index (χ3n) is 5.96. The van der Waals surface area contributed by atoms with Crippen molar-refractivity contribution in [3.05, 3.63) is 41.2 Å². The third kappa shape index (κ3) is 5.68. The van der Waals surface area contributed by atoms with Gasteiger partial charge in [-0.3, -0.25) is 0 Å². The van der Waals surface area contributed by atoms with E-state index in [2.05, 4.69) is 5.32 Å². The molecule has 1 N–H and O–H groups in total. The monoisotopic (exact) mass is 543 g/mol.